The van der Waals surface area contributed by atoms with Gasteiger partial charge in [0, 0.05) is 18.3 Å². The molecule has 0 fully saturated rings. The molecular weight excluding hydrogens is 278 g/mol. The molecule has 6 heteroatoms. The molecule has 0 bridgehead atoms. The van der Waals surface area contributed by atoms with Gasteiger partial charge in [-0.1, -0.05) is 12.2 Å². The summed E-state index contributed by atoms with van der Waals surface area (Å²) in [7, 11) is 1.60. The Bertz CT molecular complexity index is 652. The molecule has 0 atom stereocenters. The lowest BCUT2D eigenvalue weighted by atomic mass is 9.78. The average Bonchev–Trinajstić information content (AvgIpc) is 2.58. The van der Waals surface area contributed by atoms with Gasteiger partial charge in [-0.2, -0.15) is 0 Å². The molecule has 0 amide bonds. The van der Waals surface area contributed by atoms with E-state index in [-0.39, 0.29) is 10.6 Å². The summed E-state index contributed by atoms with van der Waals surface area (Å²) in [6.45, 7) is 5.49. The molecule has 0 saturated heterocycles. The summed E-state index contributed by atoms with van der Waals surface area (Å²) < 4.78 is 0. The standard InChI is InChI=1S/C14H15NO4S/c1-6-5-9-10(8(3)7(6)2)14(12(16)17,13(18)19)11(20)15(9)4/h5H,1-4H3,(H,16,17)(H,18,19). The largest absolute Gasteiger partial charge is 0.480 e. The van der Waals surface area contributed by atoms with Crippen LogP contribution in [0.2, 0.25) is 0 Å². The summed E-state index contributed by atoms with van der Waals surface area (Å²) in [5, 5.41) is 19.1. The fourth-order valence-corrected chi connectivity index (χ4v) is 3.13. The number of anilines is 1. The molecule has 5 nitrogen and oxygen atoms in total. The van der Waals surface area contributed by atoms with Crippen LogP contribution in [-0.2, 0) is 15.0 Å². The summed E-state index contributed by atoms with van der Waals surface area (Å²) in [4.78, 5) is 24.8. The second-order valence-electron chi connectivity index (χ2n) is 5.06. The Morgan fingerprint density at radius 1 is 1.15 bits per heavy atom. The van der Waals surface area contributed by atoms with E-state index in [0.717, 1.165) is 11.1 Å². The number of nitrogens with zero attached hydrogens (tertiary/aromatic N) is 1. The number of carbonyl (C=O) groups is 2. The summed E-state index contributed by atoms with van der Waals surface area (Å²) in [5.41, 5.74) is 1.17. The van der Waals surface area contributed by atoms with Gasteiger partial charge in [0.2, 0.25) is 5.41 Å². The van der Waals surface area contributed by atoms with Gasteiger partial charge in [-0.15, -0.1) is 0 Å². The van der Waals surface area contributed by atoms with Crippen LogP contribution in [0.1, 0.15) is 22.3 Å². The summed E-state index contributed by atoms with van der Waals surface area (Å²) in [6, 6.07) is 1.79. The van der Waals surface area contributed by atoms with Crippen molar-refractivity contribution in [3.63, 3.8) is 0 Å². The minimum Gasteiger partial charge on any atom is -0.480 e. The molecule has 0 aliphatic carbocycles. The van der Waals surface area contributed by atoms with E-state index < -0.39 is 17.4 Å². The molecule has 106 valence electrons. The molecule has 0 aromatic heterocycles. The smallest absolute Gasteiger partial charge is 0.332 e. The van der Waals surface area contributed by atoms with Crippen LogP contribution in [0.4, 0.5) is 5.69 Å². The van der Waals surface area contributed by atoms with Crippen molar-refractivity contribution in [3.05, 3.63) is 28.3 Å². The second-order valence-corrected chi connectivity index (χ2v) is 5.45. The van der Waals surface area contributed by atoms with E-state index in [9.17, 15) is 19.8 Å². The van der Waals surface area contributed by atoms with Crippen molar-refractivity contribution in [1.82, 2.24) is 0 Å². The molecule has 0 radical (unpaired) electrons. The van der Waals surface area contributed by atoms with E-state index in [1.165, 1.54) is 4.90 Å². The molecule has 1 aliphatic rings. The Morgan fingerprint density at radius 2 is 1.65 bits per heavy atom. The monoisotopic (exact) mass is 293 g/mol. The van der Waals surface area contributed by atoms with Gasteiger partial charge >= 0.3 is 11.9 Å². The van der Waals surface area contributed by atoms with Crippen LogP contribution in [0.25, 0.3) is 0 Å². The number of fused-ring (bicyclic) bond motifs is 1. The Hall–Kier alpha value is -1.95. The molecule has 20 heavy (non-hydrogen) atoms. The van der Waals surface area contributed by atoms with Crippen molar-refractivity contribution >= 4 is 34.8 Å². The topological polar surface area (TPSA) is 77.8 Å². The van der Waals surface area contributed by atoms with Crippen molar-refractivity contribution in [1.29, 1.82) is 0 Å². The Labute approximate surface area is 121 Å². The predicted octanol–water partition coefficient (Wildman–Crippen LogP) is 1.80. The Kier molecular flexibility index (Phi) is 3.09. The SMILES string of the molecule is Cc1cc2c(c(C)c1C)C(C(=O)O)(C(=O)O)C(=S)N2C. The maximum atomic E-state index is 11.7. The van der Waals surface area contributed by atoms with E-state index >= 15 is 0 Å². The van der Waals surface area contributed by atoms with Crippen LogP contribution in [0, 0.1) is 20.8 Å². The molecule has 2 rings (SSSR count). The first-order valence-corrected chi connectivity index (χ1v) is 6.44. The number of carboxylic acid groups (broad SMARTS) is 2. The zero-order valence-corrected chi connectivity index (χ0v) is 12.5. The van der Waals surface area contributed by atoms with Gasteiger partial charge in [-0.05, 0) is 43.5 Å². The highest BCUT2D eigenvalue weighted by molar-refractivity contribution is 7.81. The summed E-state index contributed by atoms with van der Waals surface area (Å²) >= 11 is 5.14. The lowest BCUT2D eigenvalue weighted by Crippen LogP contribution is -2.50. The first-order chi connectivity index (χ1) is 9.17. The van der Waals surface area contributed by atoms with E-state index in [2.05, 4.69) is 0 Å². The molecule has 2 N–H and O–H groups in total. The van der Waals surface area contributed by atoms with Crippen LogP contribution in [0.15, 0.2) is 6.07 Å². The number of benzene rings is 1. The lowest BCUT2D eigenvalue weighted by molar-refractivity contribution is -0.153. The number of likely N-dealkylation sites (N-methyl/N-ethyl adjacent to an activating group) is 1. The van der Waals surface area contributed by atoms with Gasteiger partial charge in [0.25, 0.3) is 0 Å². The number of aryl methyl sites for hydroxylation is 1. The third kappa shape index (κ3) is 1.45. The normalized spacial score (nSPS) is 16.2. The average molecular weight is 293 g/mol. The first kappa shape index (κ1) is 14.5. The maximum Gasteiger partial charge on any atom is 0.332 e. The van der Waals surface area contributed by atoms with Crippen LogP contribution in [0.3, 0.4) is 0 Å². The number of hydrogen-bond donors (Lipinski definition) is 2. The fraction of sp³-hybridized carbons (Fsp3) is 0.357. The number of thiocarbonyl (C=S) groups is 1. The van der Waals surface area contributed by atoms with E-state index in [1.54, 1.807) is 20.0 Å². The number of carboxylic acids is 2. The molecule has 1 aromatic carbocycles. The van der Waals surface area contributed by atoms with Crippen LogP contribution in [0.5, 0.6) is 0 Å². The maximum absolute atomic E-state index is 11.7. The van der Waals surface area contributed by atoms with Crippen LogP contribution >= 0.6 is 12.2 Å². The molecule has 0 spiro atoms. The Morgan fingerprint density at radius 3 is 2.10 bits per heavy atom. The van der Waals surface area contributed by atoms with E-state index in [0.29, 0.717) is 11.3 Å². The quantitative estimate of drug-likeness (QED) is 0.639. The van der Waals surface area contributed by atoms with Crippen molar-refractivity contribution in [3.8, 4) is 0 Å². The Balaban J connectivity index is 2.99. The zero-order chi connectivity index (χ0) is 15.4. The number of aliphatic carboxylic acids is 2. The molecule has 0 unspecified atom stereocenters. The predicted molar refractivity (Wildman–Crippen MR) is 78.6 cm³/mol. The van der Waals surface area contributed by atoms with Gasteiger partial charge < -0.3 is 15.1 Å². The number of rotatable bonds is 2. The van der Waals surface area contributed by atoms with Gasteiger partial charge in [0.05, 0.1) is 0 Å². The highest BCUT2D eigenvalue weighted by atomic mass is 32.1. The minimum atomic E-state index is -2.18. The van der Waals surface area contributed by atoms with Gasteiger partial charge in [0.15, 0.2) is 0 Å². The van der Waals surface area contributed by atoms with Crippen molar-refractivity contribution in [2.45, 2.75) is 26.2 Å². The molecule has 1 aliphatic heterocycles. The van der Waals surface area contributed by atoms with Gasteiger partial charge in [-0.3, -0.25) is 9.59 Å². The molecular formula is C14H15NO4S. The molecule has 0 saturated carbocycles. The van der Waals surface area contributed by atoms with E-state index in [1.807, 2.05) is 13.8 Å². The number of hydrogen-bond acceptors (Lipinski definition) is 3. The zero-order valence-electron chi connectivity index (χ0n) is 11.6. The summed E-state index contributed by atoms with van der Waals surface area (Å²) in [5.74, 6) is -2.90. The van der Waals surface area contributed by atoms with Gasteiger partial charge in [-0.25, -0.2) is 0 Å². The van der Waals surface area contributed by atoms with Crippen LogP contribution in [-0.4, -0.2) is 34.2 Å². The fourth-order valence-electron chi connectivity index (χ4n) is 2.75. The van der Waals surface area contributed by atoms with E-state index in [4.69, 9.17) is 12.2 Å². The third-order valence-electron chi connectivity index (χ3n) is 4.14. The third-order valence-corrected chi connectivity index (χ3v) is 4.72. The first-order valence-electron chi connectivity index (χ1n) is 6.03. The second kappa shape index (κ2) is 4.28. The van der Waals surface area contributed by atoms with Crippen molar-refractivity contribution in [2.75, 3.05) is 11.9 Å². The highest BCUT2D eigenvalue weighted by Crippen LogP contribution is 2.46. The van der Waals surface area contributed by atoms with Crippen LogP contribution < -0.4 is 4.90 Å². The minimum absolute atomic E-state index is 0.111. The van der Waals surface area contributed by atoms with Crippen molar-refractivity contribution < 1.29 is 19.8 Å². The summed E-state index contributed by atoms with van der Waals surface area (Å²) in [6.07, 6.45) is 0. The van der Waals surface area contributed by atoms with Crippen molar-refractivity contribution in [2.24, 2.45) is 0 Å². The molecule has 1 heterocycles. The molecule has 1 aromatic rings. The van der Waals surface area contributed by atoms with Gasteiger partial charge in [0.1, 0.15) is 4.99 Å². The lowest BCUT2D eigenvalue weighted by Gasteiger charge is -2.22. The highest BCUT2D eigenvalue weighted by Gasteiger charge is 2.60.